The van der Waals surface area contributed by atoms with Crippen molar-refractivity contribution in [3.63, 3.8) is 0 Å². The highest BCUT2D eigenvalue weighted by Gasteiger charge is 2.19. The number of ether oxygens (including phenoxy) is 2. The lowest BCUT2D eigenvalue weighted by Gasteiger charge is -2.09. The van der Waals surface area contributed by atoms with E-state index >= 15 is 0 Å². The van der Waals surface area contributed by atoms with Gasteiger partial charge in [-0.1, -0.05) is 17.3 Å². The van der Waals surface area contributed by atoms with Crippen LogP contribution in [0.5, 0.6) is 5.75 Å². The molecular formula is C16H12N4O6. The van der Waals surface area contributed by atoms with Crippen molar-refractivity contribution < 1.29 is 19.2 Å². The molecule has 10 heteroatoms. The van der Waals surface area contributed by atoms with E-state index in [2.05, 4.69) is 10.3 Å². The van der Waals surface area contributed by atoms with E-state index in [0.717, 1.165) is 10.7 Å². The molecule has 1 aromatic heterocycles. The van der Waals surface area contributed by atoms with Crippen molar-refractivity contribution in [2.24, 2.45) is 0 Å². The van der Waals surface area contributed by atoms with Gasteiger partial charge in [0.2, 0.25) is 0 Å². The molecule has 0 amide bonds. The van der Waals surface area contributed by atoms with Crippen molar-refractivity contribution in [1.82, 2.24) is 15.0 Å². The van der Waals surface area contributed by atoms with Crippen LogP contribution >= 0.6 is 0 Å². The summed E-state index contributed by atoms with van der Waals surface area (Å²) < 4.78 is 10.9. The van der Waals surface area contributed by atoms with Crippen LogP contribution in [0.4, 0.5) is 5.69 Å². The summed E-state index contributed by atoms with van der Waals surface area (Å²) in [5.74, 6) is -0.787. The van der Waals surface area contributed by atoms with Crippen molar-refractivity contribution in [3.05, 3.63) is 68.5 Å². The molecule has 0 aliphatic heterocycles. The molecule has 0 aliphatic carbocycles. The molecule has 0 saturated carbocycles. The van der Waals surface area contributed by atoms with Gasteiger partial charge in [-0.15, -0.1) is 5.10 Å². The molecule has 10 nitrogen and oxygen atoms in total. The fourth-order valence-electron chi connectivity index (χ4n) is 2.27. The summed E-state index contributed by atoms with van der Waals surface area (Å²) in [4.78, 5) is 34.8. The third kappa shape index (κ3) is 3.20. The first-order valence-corrected chi connectivity index (χ1v) is 7.33. The van der Waals surface area contributed by atoms with E-state index in [4.69, 9.17) is 9.47 Å². The van der Waals surface area contributed by atoms with E-state index in [1.165, 1.54) is 19.2 Å². The van der Waals surface area contributed by atoms with Crippen molar-refractivity contribution in [2.75, 3.05) is 7.11 Å². The van der Waals surface area contributed by atoms with Crippen molar-refractivity contribution in [2.45, 2.75) is 6.73 Å². The Morgan fingerprint density at radius 2 is 2.04 bits per heavy atom. The zero-order valence-electron chi connectivity index (χ0n) is 13.5. The van der Waals surface area contributed by atoms with Crippen LogP contribution in [0.25, 0.3) is 10.9 Å². The largest absolute Gasteiger partial charge is 0.496 e. The van der Waals surface area contributed by atoms with Crippen LogP contribution in [0.15, 0.2) is 47.3 Å². The number of carbonyl (C=O) groups excluding carboxylic acids is 1. The number of esters is 1. The molecule has 3 rings (SSSR count). The summed E-state index contributed by atoms with van der Waals surface area (Å²) in [5, 5.41) is 18.8. The normalized spacial score (nSPS) is 10.5. The third-order valence-corrected chi connectivity index (χ3v) is 3.56. The first-order chi connectivity index (χ1) is 12.5. The number of benzene rings is 2. The maximum absolute atomic E-state index is 12.3. The predicted octanol–water partition coefficient (Wildman–Crippen LogP) is 1.52. The van der Waals surface area contributed by atoms with E-state index in [-0.39, 0.29) is 17.0 Å². The van der Waals surface area contributed by atoms with Gasteiger partial charge < -0.3 is 9.47 Å². The Kier molecular flexibility index (Phi) is 4.56. The number of hydrogen-bond acceptors (Lipinski definition) is 8. The molecule has 132 valence electrons. The van der Waals surface area contributed by atoms with Gasteiger partial charge in [0, 0.05) is 12.1 Å². The van der Waals surface area contributed by atoms with Crippen LogP contribution in [0.3, 0.4) is 0 Å². The number of non-ortho nitro benzene ring substituents is 1. The molecular weight excluding hydrogens is 344 g/mol. The molecule has 0 saturated heterocycles. The van der Waals surface area contributed by atoms with Crippen molar-refractivity contribution >= 4 is 22.6 Å². The van der Waals surface area contributed by atoms with Crippen LogP contribution in [-0.4, -0.2) is 33.0 Å². The zero-order chi connectivity index (χ0) is 18.7. The van der Waals surface area contributed by atoms with Gasteiger partial charge in [-0.05, 0) is 18.2 Å². The highest BCUT2D eigenvalue weighted by molar-refractivity contribution is 5.93. The Morgan fingerprint density at radius 3 is 2.77 bits per heavy atom. The summed E-state index contributed by atoms with van der Waals surface area (Å²) in [7, 11) is 1.32. The Morgan fingerprint density at radius 1 is 1.27 bits per heavy atom. The average molecular weight is 356 g/mol. The van der Waals surface area contributed by atoms with Gasteiger partial charge in [-0.25, -0.2) is 4.79 Å². The number of rotatable bonds is 5. The second kappa shape index (κ2) is 6.97. The number of methoxy groups -OCH3 is 1. The van der Waals surface area contributed by atoms with E-state index in [0.29, 0.717) is 10.9 Å². The van der Waals surface area contributed by atoms with Gasteiger partial charge in [0.05, 0.1) is 17.4 Å². The monoisotopic (exact) mass is 356 g/mol. The number of nitro groups is 1. The number of nitrogens with zero attached hydrogens (tertiary/aromatic N) is 4. The predicted molar refractivity (Wildman–Crippen MR) is 88.9 cm³/mol. The molecule has 0 bridgehead atoms. The van der Waals surface area contributed by atoms with E-state index < -0.39 is 23.2 Å². The summed E-state index contributed by atoms with van der Waals surface area (Å²) in [6.07, 6.45) is 0. The number of hydrogen-bond donors (Lipinski definition) is 0. The molecule has 26 heavy (non-hydrogen) atoms. The van der Waals surface area contributed by atoms with Gasteiger partial charge in [0.15, 0.2) is 6.73 Å². The third-order valence-electron chi connectivity index (χ3n) is 3.56. The zero-order valence-corrected chi connectivity index (χ0v) is 13.5. The Labute approximate surface area is 145 Å². The van der Waals surface area contributed by atoms with Crippen LogP contribution in [0.2, 0.25) is 0 Å². The smallest absolute Gasteiger partial charge is 0.343 e. The van der Waals surface area contributed by atoms with Crippen LogP contribution in [0, 0.1) is 10.1 Å². The highest BCUT2D eigenvalue weighted by atomic mass is 16.6. The lowest BCUT2D eigenvalue weighted by Crippen LogP contribution is -2.26. The molecule has 0 spiro atoms. The first-order valence-electron chi connectivity index (χ1n) is 7.33. The summed E-state index contributed by atoms with van der Waals surface area (Å²) in [6, 6.07) is 10.1. The lowest BCUT2D eigenvalue weighted by atomic mass is 10.2. The van der Waals surface area contributed by atoms with Crippen molar-refractivity contribution in [1.29, 1.82) is 0 Å². The standard InChI is InChI=1S/C16H12N4O6/c1-25-14-7-6-10(20(23)24)8-12(14)16(22)26-9-19-15(21)11-4-2-3-5-13(11)17-18-19/h2-8H,9H2,1H3. The molecule has 3 aromatic rings. The maximum atomic E-state index is 12.3. The molecule has 0 aliphatic rings. The minimum atomic E-state index is -0.896. The van der Waals surface area contributed by atoms with Gasteiger partial charge in [-0.2, -0.15) is 4.68 Å². The molecule has 2 aromatic carbocycles. The molecule has 0 atom stereocenters. The minimum Gasteiger partial charge on any atom is -0.496 e. The average Bonchev–Trinajstić information content (AvgIpc) is 2.66. The van der Waals surface area contributed by atoms with Crippen LogP contribution in [-0.2, 0) is 11.5 Å². The second-order valence-electron chi connectivity index (χ2n) is 5.11. The molecule has 0 radical (unpaired) electrons. The SMILES string of the molecule is COc1ccc([N+](=O)[O-])cc1C(=O)OCn1nnc2ccccc2c1=O. The molecule has 1 heterocycles. The number of nitro benzene ring substituents is 1. The van der Waals surface area contributed by atoms with Crippen LogP contribution < -0.4 is 10.3 Å². The van der Waals surface area contributed by atoms with Gasteiger partial charge >= 0.3 is 5.97 Å². The maximum Gasteiger partial charge on any atom is 0.343 e. The van der Waals surface area contributed by atoms with E-state index in [1.54, 1.807) is 24.3 Å². The molecule has 0 fully saturated rings. The first kappa shape index (κ1) is 17.0. The minimum absolute atomic E-state index is 0.109. The van der Waals surface area contributed by atoms with E-state index in [9.17, 15) is 19.7 Å². The van der Waals surface area contributed by atoms with Gasteiger partial charge in [0.1, 0.15) is 16.8 Å². The second-order valence-corrected chi connectivity index (χ2v) is 5.11. The summed E-state index contributed by atoms with van der Waals surface area (Å²) >= 11 is 0. The molecule has 0 N–H and O–H groups in total. The van der Waals surface area contributed by atoms with Gasteiger partial charge in [0.25, 0.3) is 11.2 Å². The Hall–Kier alpha value is -3.82. The topological polar surface area (TPSA) is 126 Å². The fraction of sp³-hybridized carbons (Fsp3) is 0.125. The molecule has 0 unspecified atom stereocenters. The van der Waals surface area contributed by atoms with Gasteiger partial charge in [-0.3, -0.25) is 14.9 Å². The number of aromatic nitrogens is 3. The fourth-order valence-corrected chi connectivity index (χ4v) is 2.27. The Bertz CT molecular complexity index is 1060. The van der Waals surface area contributed by atoms with Crippen LogP contribution in [0.1, 0.15) is 10.4 Å². The lowest BCUT2D eigenvalue weighted by molar-refractivity contribution is -0.384. The summed E-state index contributed by atoms with van der Waals surface area (Å²) in [6.45, 7) is -0.499. The number of carbonyl (C=O) groups is 1. The Balaban J connectivity index is 1.85. The van der Waals surface area contributed by atoms with Crippen molar-refractivity contribution in [3.8, 4) is 5.75 Å². The number of fused-ring (bicyclic) bond motifs is 1. The highest BCUT2D eigenvalue weighted by Crippen LogP contribution is 2.24. The quantitative estimate of drug-likeness (QED) is 0.382. The summed E-state index contributed by atoms with van der Waals surface area (Å²) in [5.41, 5.74) is -0.487. The van der Waals surface area contributed by atoms with E-state index in [1.807, 2.05) is 0 Å².